The summed E-state index contributed by atoms with van der Waals surface area (Å²) in [6.45, 7) is 1.69. The van der Waals surface area contributed by atoms with Crippen LogP contribution in [-0.2, 0) is 13.0 Å². The first-order chi connectivity index (χ1) is 7.90. The number of hydrogen-bond donors (Lipinski definition) is 1. The highest BCUT2D eigenvalue weighted by Gasteiger charge is 2.03. The summed E-state index contributed by atoms with van der Waals surface area (Å²) in [5.41, 5.74) is 5.49. The minimum Gasteiger partial charge on any atom is -0.330 e. The number of hydrogen-bond acceptors (Lipinski definition) is 4. The van der Waals surface area contributed by atoms with Crippen LogP contribution in [-0.4, -0.2) is 21.8 Å². The van der Waals surface area contributed by atoms with Crippen molar-refractivity contribution in [1.29, 1.82) is 0 Å². The summed E-state index contributed by atoms with van der Waals surface area (Å²) in [6.07, 6.45) is 4.96. The zero-order chi connectivity index (χ0) is 11.2. The molecule has 86 valence electrons. The number of aryl methyl sites for hydroxylation is 2. The van der Waals surface area contributed by atoms with Gasteiger partial charge in [0.1, 0.15) is 0 Å². The lowest BCUT2D eigenvalue weighted by atomic mass is 10.3. The molecule has 2 aromatic rings. The zero-order valence-corrected chi connectivity index (χ0v) is 10.6. The van der Waals surface area contributed by atoms with E-state index in [2.05, 4.69) is 27.1 Å². The van der Waals surface area contributed by atoms with Crippen LogP contribution in [0.15, 0.2) is 35.1 Å². The Morgan fingerprint density at radius 1 is 1.50 bits per heavy atom. The Morgan fingerprint density at radius 2 is 2.44 bits per heavy atom. The van der Waals surface area contributed by atoms with E-state index < -0.39 is 0 Å². The van der Waals surface area contributed by atoms with Crippen LogP contribution in [0.5, 0.6) is 0 Å². The van der Waals surface area contributed by atoms with Crippen molar-refractivity contribution in [3.63, 3.8) is 0 Å². The number of thioether (sulfide) groups is 1. The molecular formula is C11H15N3S2. The molecule has 16 heavy (non-hydrogen) atoms. The number of thiophene rings is 1. The Hall–Kier alpha value is -0.780. The van der Waals surface area contributed by atoms with Crippen LogP contribution in [0.25, 0.3) is 0 Å². The van der Waals surface area contributed by atoms with E-state index in [1.807, 2.05) is 23.7 Å². The molecule has 0 aliphatic carbocycles. The second kappa shape index (κ2) is 6.08. The number of aromatic nitrogens is 2. The summed E-state index contributed by atoms with van der Waals surface area (Å²) in [6, 6.07) is 4.27. The third kappa shape index (κ3) is 3.10. The van der Waals surface area contributed by atoms with Gasteiger partial charge in [-0.25, -0.2) is 4.98 Å². The van der Waals surface area contributed by atoms with Crippen molar-refractivity contribution in [2.75, 3.05) is 12.3 Å². The third-order valence-electron chi connectivity index (χ3n) is 2.21. The molecule has 0 unspecified atom stereocenters. The lowest BCUT2D eigenvalue weighted by Gasteiger charge is -2.05. The number of rotatable bonds is 6. The second-order valence-electron chi connectivity index (χ2n) is 3.37. The van der Waals surface area contributed by atoms with E-state index in [9.17, 15) is 0 Å². The molecule has 5 heteroatoms. The maximum atomic E-state index is 5.49. The quantitative estimate of drug-likeness (QED) is 0.803. The molecule has 2 rings (SSSR count). The molecule has 0 fully saturated rings. The third-order valence-corrected chi connectivity index (χ3v) is 4.18. The summed E-state index contributed by atoms with van der Waals surface area (Å²) < 4.78 is 2.19. The Bertz CT molecular complexity index is 409. The summed E-state index contributed by atoms with van der Waals surface area (Å²) >= 11 is 3.53. The van der Waals surface area contributed by atoms with Crippen LogP contribution >= 0.6 is 23.1 Å². The molecule has 2 N–H and O–H groups in total. The number of nitrogens with zero attached hydrogens (tertiary/aromatic N) is 2. The molecule has 0 aromatic carbocycles. The van der Waals surface area contributed by atoms with Crippen LogP contribution in [0, 0.1) is 0 Å². The van der Waals surface area contributed by atoms with E-state index in [0.29, 0.717) is 6.54 Å². The highest BCUT2D eigenvalue weighted by molar-refractivity contribution is 7.99. The second-order valence-corrected chi connectivity index (χ2v) is 5.46. The van der Waals surface area contributed by atoms with Crippen molar-refractivity contribution >= 4 is 23.1 Å². The van der Waals surface area contributed by atoms with Gasteiger partial charge in [-0.3, -0.25) is 0 Å². The largest absolute Gasteiger partial charge is 0.330 e. The van der Waals surface area contributed by atoms with Crippen molar-refractivity contribution in [3.05, 3.63) is 34.8 Å². The molecule has 0 spiro atoms. The van der Waals surface area contributed by atoms with Crippen molar-refractivity contribution < 1.29 is 0 Å². The van der Waals surface area contributed by atoms with Gasteiger partial charge in [-0.05, 0) is 17.9 Å². The molecule has 0 amide bonds. The fraction of sp³-hybridized carbons (Fsp3) is 0.364. The average Bonchev–Trinajstić information content (AvgIpc) is 2.94. The average molecular weight is 253 g/mol. The zero-order valence-electron chi connectivity index (χ0n) is 9.00. The lowest BCUT2D eigenvalue weighted by Crippen LogP contribution is -2.05. The lowest BCUT2D eigenvalue weighted by molar-refractivity contribution is 0.637. The van der Waals surface area contributed by atoms with Crippen LogP contribution in [0.1, 0.15) is 4.88 Å². The molecule has 2 aromatic heterocycles. The molecule has 0 bridgehead atoms. The van der Waals surface area contributed by atoms with Crippen LogP contribution in [0.2, 0.25) is 0 Å². The Morgan fingerprint density at radius 3 is 3.19 bits per heavy atom. The van der Waals surface area contributed by atoms with Gasteiger partial charge in [0.25, 0.3) is 0 Å². The Kier molecular flexibility index (Phi) is 4.44. The predicted molar refractivity (Wildman–Crippen MR) is 70.0 cm³/mol. The van der Waals surface area contributed by atoms with Crippen molar-refractivity contribution in [2.45, 2.75) is 18.1 Å². The summed E-state index contributed by atoms with van der Waals surface area (Å²) in [4.78, 5) is 5.75. The number of imidazole rings is 1. The van der Waals surface area contributed by atoms with E-state index in [1.165, 1.54) is 4.88 Å². The molecule has 3 nitrogen and oxygen atoms in total. The highest BCUT2D eigenvalue weighted by Crippen LogP contribution is 2.16. The maximum Gasteiger partial charge on any atom is 0.167 e. The first kappa shape index (κ1) is 11.7. The van der Waals surface area contributed by atoms with E-state index in [4.69, 9.17) is 5.73 Å². The Balaban J connectivity index is 1.91. The van der Waals surface area contributed by atoms with Gasteiger partial charge < -0.3 is 10.3 Å². The molecule has 2 heterocycles. The topological polar surface area (TPSA) is 43.8 Å². The van der Waals surface area contributed by atoms with E-state index in [0.717, 1.165) is 23.9 Å². The molecule has 0 aliphatic heterocycles. The van der Waals surface area contributed by atoms with Crippen molar-refractivity contribution in [1.82, 2.24) is 9.55 Å². The summed E-state index contributed by atoms with van der Waals surface area (Å²) in [5.74, 6) is 0.927. The van der Waals surface area contributed by atoms with E-state index in [1.54, 1.807) is 11.8 Å². The van der Waals surface area contributed by atoms with E-state index >= 15 is 0 Å². The van der Waals surface area contributed by atoms with Gasteiger partial charge in [-0.1, -0.05) is 17.8 Å². The first-order valence-electron chi connectivity index (χ1n) is 5.26. The summed E-state index contributed by atoms with van der Waals surface area (Å²) in [5, 5.41) is 3.19. The number of nitrogens with two attached hydrogens (primary N) is 1. The predicted octanol–water partition coefficient (Wildman–Crippen LogP) is 2.24. The minimum atomic E-state index is 0.697. The SMILES string of the molecule is NCCSc1nccn1CCc1cccs1. The molecule has 0 radical (unpaired) electrons. The van der Waals surface area contributed by atoms with Gasteiger partial charge in [0, 0.05) is 36.1 Å². The molecule has 0 atom stereocenters. The molecular weight excluding hydrogens is 238 g/mol. The monoisotopic (exact) mass is 253 g/mol. The maximum absolute atomic E-state index is 5.49. The first-order valence-corrected chi connectivity index (χ1v) is 7.13. The van der Waals surface area contributed by atoms with Crippen molar-refractivity contribution in [3.8, 4) is 0 Å². The van der Waals surface area contributed by atoms with Gasteiger partial charge in [0.15, 0.2) is 5.16 Å². The fourth-order valence-corrected chi connectivity index (χ4v) is 2.89. The fourth-order valence-electron chi connectivity index (χ4n) is 1.44. The highest BCUT2D eigenvalue weighted by atomic mass is 32.2. The van der Waals surface area contributed by atoms with Gasteiger partial charge in [-0.2, -0.15) is 0 Å². The van der Waals surface area contributed by atoms with E-state index in [-0.39, 0.29) is 0 Å². The van der Waals surface area contributed by atoms with Gasteiger partial charge in [-0.15, -0.1) is 11.3 Å². The van der Waals surface area contributed by atoms with Gasteiger partial charge in [0.05, 0.1) is 0 Å². The normalized spacial score (nSPS) is 10.8. The van der Waals surface area contributed by atoms with Crippen LogP contribution in [0.3, 0.4) is 0 Å². The molecule has 0 aliphatic rings. The Labute approximate surface area is 104 Å². The smallest absolute Gasteiger partial charge is 0.167 e. The summed E-state index contributed by atoms with van der Waals surface area (Å²) in [7, 11) is 0. The standard InChI is InChI=1S/C11H15N3S2/c12-4-9-16-11-13-5-7-14(11)6-3-10-2-1-8-15-10/h1-2,5,7-8H,3-4,6,9,12H2. The van der Waals surface area contributed by atoms with Gasteiger partial charge in [0.2, 0.25) is 0 Å². The minimum absolute atomic E-state index is 0.697. The molecule has 0 saturated carbocycles. The van der Waals surface area contributed by atoms with Crippen LogP contribution < -0.4 is 5.73 Å². The van der Waals surface area contributed by atoms with Crippen molar-refractivity contribution in [2.24, 2.45) is 5.73 Å². The molecule has 0 saturated heterocycles. The van der Waals surface area contributed by atoms with Gasteiger partial charge >= 0.3 is 0 Å². The van der Waals surface area contributed by atoms with Crippen LogP contribution in [0.4, 0.5) is 0 Å².